The van der Waals surface area contributed by atoms with Crippen LogP contribution in [-0.4, -0.2) is 20.9 Å². The van der Waals surface area contributed by atoms with Crippen molar-refractivity contribution in [2.24, 2.45) is 7.05 Å². The second-order valence-corrected chi connectivity index (χ2v) is 4.26. The van der Waals surface area contributed by atoms with Crippen LogP contribution in [0.2, 0.25) is 0 Å². The lowest BCUT2D eigenvalue weighted by Gasteiger charge is -2.10. The fourth-order valence-corrected chi connectivity index (χ4v) is 1.89. The quantitative estimate of drug-likeness (QED) is 0.909. The lowest BCUT2D eigenvalue weighted by atomic mass is 10.2. The fraction of sp³-hybridized carbons (Fsp3) is 0.200. The molecule has 0 radical (unpaired) electrons. The maximum atomic E-state index is 11.1. The molecule has 0 aliphatic carbocycles. The van der Waals surface area contributed by atoms with Gasteiger partial charge in [-0.25, -0.2) is 4.79 Å². The summed E-state index contributed by atoms with van der Waals surface area (Å²) in [5.41, 5.74) is 1.65. The summed E-state index contributed by atoms with van der Waals surface area (Å²) < 4.78 is 7.25. The molecule has 5 nitrogen and oxygen atoms in total. The number of carbonyl (C=O) groups is 1. The predicted molar refractivity (Wildman–Crippen MR) is 75.6 cm³/mol. The number of carboxylic acids is 1. The Hall–Kier alpha value is -2.56. The minimum Gasteiger partial charge on any atom is -0.487 e. The normalized spacial score (nSPS) is 10.9. The van der Waals surface area contributed by atoms with E-state index in [9.17, 15) is 4.79 Å². The number of aryl methyl sites for hydroxylation is 1. The van der Waals surface area contributed by atoms with Crippen molar-refractivity contribution < 1.29 is 14.6 Å². The van der Waals surface area contributed by atoms with Crippen LogP contribution in [0.5, 0.6) is 5.75 Å². The van der Waals surface area contributed by atoms with Crippen LogP contribution in [0.4, 0.5) is 0 Å². The zero-order valence-corrected chi connectivity index (χ0v) is 11.4. The number of benzene rings is 1. The van der Waals surface area contributed by atoms with E-state index >= 15 is 0 Å². The Kier molecular flexibility index (Phi) is 4.20. The third-order valence-electron chi connectivity index (χ3n) is 2.92. The smallest absolute Gasteiger partial charge is 0.339 e. The molecule has 0 spiro atoms. The molecule has 0 amide bonds. The van der Waals surface area contributed by atoms with Crippen LogP contribution >= 0.6 is 0 Å². The lowest BCUT2D eigenvalue weighted by Crippen LogP contribution is -2.08. The SMILES string of the molecule is C/C=C/c1ccccc1OCc1c(C(=O)O)cnn1C. The number of allylic oxidation sites excluding steroid dienone is 1. The van der Waals surface area contributed by atoms with Crippen LogP contribution in [0, 0.1) is 0 Å². The van der Waals surface area contributed by atoms with Gasteiger partial charge in [-0.1, -0.05) is 30.4 Å². The summed E-state index contributed by atoms with van der Waals surface area (Å²) in [5, 5.41) is 13.0. The van der Waals surface area contributed by atoms with Crippen LogP contribution < -0.4 is 4.74 Å². The molecule has 0 saturated heterocycles. The van der Waals surface area contributed by atoms with Gasteiger partial charge >= 0.3 is 5.97 Å². The summed E-state index contributed by atoms with van der Waals surface area (Å²) in [5.74, 6) is -0.290. The van der Waals surface area contributed by atoms with Gasteiger partial charge in [-0.3, -0.25) is 4.68 Å². The fourth-order valence-electron chi connectivity index (χ4n) is 1.89. The molecule has 2 rings (SSSR count). The molecule has 2 aromatic rings. The van der Waals surface area contributed by atoms with E-state index in [1.165, 1.54) is 10.9 Å². The molecule has 0 saturated carbocycles. The number of para-hydroxylation sites is 1. The highest BCUT2D eigenvalue weighted by atomic mass is 16.5. The van der Waals surface area contributed by atoms with Crippen molar-refractivity contribution in [1.29, 1.82) is 0 Å². The molecule has 0 aliphatic heterocycles. The van der Waals surface area contributed by atoms with E-state index in [1.807, 2.05) is 43.3 Å². The van der Waals surface area contributed by atoms with E-state index in [2.05, 4.69) is 5.10 Å². The van der Waals surface area contributed by atoms with Crippen LogP contribution in [0.15, 0.2) is 36.5 Å². The molecule has 1 N–H and O–H groups in total. The topological polar surface area (TPSA) is 64.3 Å². The minimum atomic E-state index is -1.00. The highest BCUT2D eigenvalue weighted by molar-refractivity contribution is 5.88. The first-order chi connectivity index (χ1) is 9.63. The van der Waals surface area contributed by atoms with Crippen LogP contribution in [0.3, 0.4) is 0 Å². The first kappa shape index (κ1) is 13.9. The molecule has 1 aromatic carbocycles. The highest BCUT2D eigenvalue weighted by Gasteiger charge is 2.15. The van der Waals surface area contributed by atoms with Crippen LogP contribution in [0.25, 0.3) is 6.08 Å². The van der Waals surface area contributed by atoms with Crippen molar-refractivity contribution >= 4 is 12.0 Å². The summed E-state index contributed by atoms with van der Waals surface area (Å²) >= 11 is 0. The lowest BCUT2D eigenvalue weighted by molar-refractivity contribution is 0.0693. The molecule has 0 unspecified atom stereocenters. The van der Waals surface area contributed by atoms with Crippen LogP contribution in [0.1, 0.15) is 28.5 Å². The molecule has 0 aliphatic rings. The molecule has 0 fully saturated rings. The number of rotatable bonds is 5. The Bertz CT molecular complexity index is 644. The Labute approximate surface area is 117 Å². The van der Waals surface area contributed by atoms with Gasteiger partial charge in [-0.15, -0.1) is 0 Å². The van der Waals surface area contributed by atoms with E-state index < -0.39 is 5.97 Å². The van der Waals surface area contributed by atoms with Gasteiger partial charge in [0, 0.05) is 12.6 Å². The summed E-state index contributed by atoms with van der Waals surface area (Å²) in [4.78, 5) is 11.1. The summed E-state index contributed by atoms with van der Waals surface area (Å²) in [7, 11) is 1.70. The Morgan fingerprint density at radius 2 is 2.20 bits per heavy atom. The van der Waals surface area contributed by atoms with E-state index in [1.54, 1.807) is 7.05 Å². The second-order valence-electron chi connectivity index (χ2n) is 4.26. The van der Waals surface area contributed by atoms with E-state index in [0.29, 0.717) is 11.4 Å². The number of ether oxygens (including phenoxy) is 1. The standard InChI is InChI=1S/C15H16N2O3/c1-3-6-11-7-4-5-8-14(11)20-10-13-12(15(18)19)9-16-17(13)2/h3-9H,10H2,1-2H3,(H,18,19)/b6-3+. The van der Waals surface area contributed by atoms with Crippen LogP contribution in [-0.2, 0) is 13.7 Å². The number of aromatic nitrogens is 2. The average Bonchev–Trinajstić information content (AvgIpc) is 2.79. The predicted octanol–water partition coefficient (Wildman–Crippen LogP) is 2.73. The van der Waals surface area contributed by atoms with E-state index in [4.69, 9.17) is 9.84 Å². The monoisotopic (exact) mass is 272 g/mol. The molecule has 5 heteroatoms. The molecule has 0 bridgehead atoms. The highest BCUT2D eigenvalue weighted by Crippen LogP contribution is 2.21. The van der Waals surface area contributed by atoms with Gasteiger partial charge in [-0.2, -0.15) is 5.10 Å². The molecule has 20 heavy (non-hydrogen) atoms. The zero-order chi connectivity index (χ0) is 14.5. The number of carboxylic acid groups (broad SMARTS) is 1. The van der Waals surface area contributed by atoms with Crippen molar-refractivity contribution in [2.75, 3.05) is 0 Å². The van der Waals surface area contributed by atoms with Gasteiger partial charge in [0.15, 0.2) is 0 Å². The minimum absolute atomic E-state index is 0.159. The van der Waals surface area contributed by atoms with Gasteiger partial charge in [0.1, 0.15) is 17.9 Å². The van der Waals surface area contributed by atoms with Gasteiger partial charge in [-0.05, 0) is 13.0 Å². The first-order valence-corrected chi connectivity index (χ1v) is 6.22. The van der Waals surface area contributed by atoms with Crippen molar-refractivity contribution in [2.45, 2.75) is 13.5 Å². The van der Waals surface area contributed by atoms with E-state index in [-0.39, 0.29) is 12.2 Å². The zero-order valence-electron chi connectivity index (χ0n) is 11.4. The average molecular weight is 272 g/mol. The maximum Gasteiger partial charge on any atom is 0.339 e. The molecule has 0 atom stereocenters. The Morgan fingerprint density at radius 3 is 2.90 bits per heavy atom. The molecule has 1 aromatic heterocycles. The first-order valence-electron chi connectivity index (χ1n) is 6.22. The third kappa shape index (κ3) is 2.88. The van der Waals surface area contributed by atoms with Crippen molar-refractivity contribution in [3.63, 3.8) is 0 Å². The number of hydrogen-bond donors (Lipinski definition) is 1. The summed E-state index contributed by atoms with van der Waals surface area (Å²) in [6, 6.07) is 7.60. The number of nitrogens with zero attached hydrogens (tertiary/aromatic N) is 2. The van der Waals surface area contributed by atoms with E-state index in [0.717, 1.165) is 5.56 Å². The molecule has 104 valence electrons. The number of aromatic carboxylic acids is 1. The van der Waals surface area contributed by atoms with Crippen molar-refractivity contribution in [3.05, 3.63) is 53.4 Å². The Morgan fingerprint density at radius 1 is 1.45 bits per heavy atom. The van der Waals surface area contributed by atoms with Gasteiger partial charge in [0.05, 0.1) is 11.9 Å². The van der Waals surface area contributed by atoms with Gasteiger partial charge in [0.25, 0.3) is 0 Å². The van der Waals surface area contributed by atoms with Crippen molar-refractivity contribution in [3.8, 4) is 5.75 Å². The van der Waals surface area contributed by atoms with Gasteiger partial charge in [0.2, 0.25) is 0 Å². The Balaban J connectivity index is 2.21. The molecular weight excluding hydrogens is 256 g/mol. The summed E-state index contributed by atoms with van der Waals surface area (Å²) in [6.45, 7) is 2.09. The maximum absolute atomic E-state index is 11.1. The van der Waals surface area contributed by atoms with Gasteiger partial charge < -0.3 is 9.84 Å². The molecule has 1 heterocycles. The third-order valence-corrected chi connectivity index (χ3v) is 2.92. The second kappa shape index (κ2) is 6.06. The largest absolute Gasteiger partial charge is 0.487 e. The molecular formula is C15H16N2O3. The number of hydrogen-bond acceptors (Lipinski definition) is 3. The van der Waals surface area contributed by atoms with Crippen molar-refractivity contribution in [1.82, 2.24) is 9.78 Å². The summed E-state index contributed by atoms with van der Waals surface area (Å²) in [6.07, 6.45) is 5.20.